The molecule has 0 radical (unpaired) electrons. The van der Waals surface area contributed by atoms with Crippen LogP contribution < -0.4 is 0 Å². The molecule has 7 heteroatoms. The average Bonchev–Trinajstić information content (AvgIpc) is 2.87. The van der Waals surface area contributed by atoms with Gasteiger partial charge in [0.05, 0.1) is 13.2 Å². The SMILES string of the molecule is CC(C)c1cc(C(=O)N2CCO[C@H](C(=O)O)C2)n[nH]1. The Bertz CT molecular complexity index is 483. The molecule has 1 fully saturated rings. The minimum atomic E-state index is -1.05. The zero-order valence-corrected chi connectivity index (χ0v) is 10.9. The van der Waals surface area contributed by atoms with Crippen molar-refractivity contribution in [2.75, 3.05) is 19.7 Å². The smallest absolute Gasteiger partial charge is 0.334 e. The lowest BCUT2D eigenvalue weighted by molar-refractivity contribution is -0.154. The van der Waals surface area contributed by atoms with Crippen LogP contribution in [0.1, 0.15) is 35.9 Å². The molecule has 0 unspecified atom stereocenters. The second-order valence-corrected chi connectivity index (χ2v) is 4.81. The number of amides is 1. The summed E-state index contributed by atoms with van der Waals surface area (Å²) in [6.45, 7) is 4.66. The molecule has 19 heavy (non-hydrogen) atoms. The predicted molar refractivity (Wildman–Crippen MR) is 66.0 cm³/mol. The molecular formula is C12H17N3O4. The number of carboxylic acids is 1. The summed E-state index contributed by atoms with van der Waals surface area (Å²) in [6, 6.07) is 1.71. The van der Waals surface area contributed by atoms with Gasteiger partial charge in [-0.1, -0.05) is 13.8 Å². The molecule has 1 saturated heterocycles. The van der Waals surface area contributed by atoms with Gasteiger partial charge in [-0.3, -0.25) is 9.89 Å². The molecule has 1 aromatic heterocycles. The number of morpholine rings is 1. The molecule has 7 nitrogen and oxygen atoms in total. The molecule has 1 atom stereocenters. The largest absolute Gasteiger partial charge is 0.479 e. The third-order valence-corrected chi connectivity index (χ3v) is 3.07. The number of aliphatic carboxylic acids is 1. The number of H-pyrrole nitrogens is 1. The molecular weight excluding hydrogens is 250 g/mol. The van der Waals surface area contributed by atoms with Crippen molar-refractivity contribution >= 4 is 11.9 Å². The third kappa shape index (κ3) is 2.93. The van der Waals surface area contributed by atoms with Crippen molar-refractivity contribution in [1.29, 1.82) is 0 Å². The monoisotopic (exact) mass is 267 g/mol. The molecule has 1 aliphatic rings. The topological polar surface area (TPSA) is 95.5 Å². The van der Waals surface area contributed by atoms with Gasteiger partial charge in [0, 0.05) is 12.2 Å². The van der Waals surface area contributed by atoms with Crippen LogP contribution in [0.2, 0.25) is 0 Å². The average molecular weight is 267 g/mol. The molecule has 0 aliphatic carbocycles. The number of hydrogen-bond donors (Lipinski definition) is 2. The van der Waals surface area contributed by atoms with Crippen LogP contribution in [0.15, 0.2) is 6.07 Å². The van der Waals surface area contributed by atoms with E-state index in [1.165, 1.54) is 4.90 Å². The highest BCUT2D eigenvalue weighted by molar-refractivity contribution is 5.92. The first-order valence-electron chi connectivity index (χ1n) is 6.18. The summed E-state index contributed by atoms with van der Waals surface area (Å²) >= 11 is 0. The number of aromatic amines is 1. The minimum Gasteiger partial charge on any atom is -0.479 e. The van der Waals surface area contributed by atoms with Gasteiger partial charge in [-0.25, -0.2) is 4.79 Å². The van der Waals surface area contributed by atoms with Crippen molar-refractivity contribution < 1.29 is 19.4 Å². The fourth-order valence-corrected chi connectivity index (χ4v) is 1.89. The van der Waals surface area contributed by atoms with Crippen molar-refractivity contribution in [3.63, 3.8) is 0 Å². The van der Waals surface area contributed by atoms with Gasteiger partial charge in [0.1, 0.15) is 5.69 Å². The predicted octanol–water partition coefficient (Wildman–Crippen LogP) is 0.459. The number of ether oxygens (including phenoxy) is 1. The van der Waals surface area contributed by atoms with Crippen molar-refractivity contribution in [2.45, 2.75) is 25.9 Å². The number of nitrogens with zero attached hydrogens (tertiary/aromatic N) is 2. The normalized spacial score (nSPS) is 19.7. The van der Waals surface area contributed by atoms with E-state index in [-0.39, 0.29) is 25.0 Å². The van der Waals surface area contributed by atoms with Crippen molar-refractivity contribution in [1.82, 2.24) is 15.1 Å². The van der Waals surface area contributed by atoms with Gasteiger partial charge < -0.3 is 14.7 Å². The molecule has 0 bridgehead atoms. The van der Waals surface area contributed by atoms with Gasteiger partial charge >= 0.3 is 5.97 Å². The van der Waals surface area contributed by atoms with Crippen LogP contribution in [0.5, 0.6) is 0 Å². The maximum Gasteiger partial charge on any atom is 0.334 e. The van der Waals surface area contributed by atoms with E-state index in [0.717, 1.165) is 5.69 Å². The molecule has 0 spiro atoms. The van der Waals surface area contributed by atoms with E-state index in [2.05, 4.69) is 10.2 Å². The van der Waals surface area contributed by atoms with Crippen LogP contribution in [-0.2, 0) is 9.53 Å². The Kier molecular flexibility index (Phi) is 3.84. The van der Waals surface area contributed by atoms with E-state index in [4.69, 9.17) is 9.84 Å². The summed E-state index contributed by atoms with van der Waals surface area (Å²) in [5.74, 6) is -1.06. The minimum absolute atomic E-state index is 0.0536. The maximum atomic E-state index is 12.2. The number of hydrogen-bond acceptors (Lipinski definition) is 4. The van der Waals surface area contributed by atoms with E-state index >= 15 is 0 Å². The van der Waals surface area contributed by atoms with Gasteiger partial charge in [-0.2, -0.15) is 5.10 Å². The molecule has 0 saturated carbocycles. The van der Waals surface area contributed by atoms with E-state index < -0.39 is 12.1 Å². The Morgan fingerprint density at radius 3 is 2.89 bits per heavy atom. The third-order valence-electron chi connectivity index (χ3n) is 3.07. The van der Waals surface area contributed by atoms with E-state index in [1.807, 2.05) is 13.8 Å². The van der Waals surface area contributed by atoms with Crippen LogP contribution in [-0.4, -0.2) is 57.9 Å². The Morgan fingerprint density at radius 1 is 1.58 bits per heavy atom. The van der Waals surface area contributed by atoms with E-state index in [9.17, 15) is 9.59 Å². The number of aromatic nitrogens is 2. The summed E-state index contributed by atoms with van der Waals surface area (Å²) < 4.78 is 5.08. The quantitative estimate of drug-likeness (QED) is 0.829. The van der Waals surface area contributed by atoms with Crippen molar-refractivity contribution in [3.05, 3.63) is 17.5 Å². The van der Waals surface area contributed by atoms with E-state index in [1.54, 1.807) is 6.07 Å². The fourth-order valence-electron chi connectivity index (χ4n) is 1.89. The highest BCUT2D eigenvalue weighted by Gasteiger charge is 2.30. The molecule has 1 amide bonds. The molecule has 2 heterocycles. The Labute approximate surface area is 110 Å². The first kappa shape index (κ1) is 13.5. The summed E-state index contributed by atoms with van der Waals surface area (Å²) in [4.78, 5) is 24.5. The second kappa shape index (κ2) is 5.40. The number of carboxylic acid groups (broad SMARTS) is 1. The van der Waals surface area contributed by atoms with Gasteiger partial charge in [-0.15, -0.1) is 0 Å². The second-order valence-electron chi connectivity index (χ2n) is 4.81. The van der Waals surface area contributed by atoms with Crippen molar-refractivity contribution in [3.8, 4) is 0 Å². The lowest BCUT2D eigenvalue weighted by atomic mass is 10.1. The summed E-state index contributed by atoms with van der Waals surface area (Å²) in [7, 11) is 0. The number of nitrogens with one attached hydrogen (secondary N) is 1. The lowest BCUT2D eigenvalue weighted by Crippen LogP contribution is -2.48. The van der Waals surface area contributed by atoms with Crippen LogP contribution in [0, 0.1) is 0 Å². The number of carbonyl (C=O) groups excluding carboxylic acids is 1. The van der Waals surface area contributed by atoms with Crippen LogP contribution in [0.4, 0.5) is 0 Å². The summed E-state index contributed by atoms with van der Waals surface area (Å²) in [5.41, 5.74) is 1.20. The first-order chi connectivity index (χ1) is 8.99. The molecule has 2 N–H and O–H groups in total. The molecule has 0 aromatic carbocycles. The Hall–Kier alpha value is -1.89. The maximum absolute atomic E-state index is 12.2. The standard InChI is InChI=1S/C12H17N3O4/c1-7(2)8-5-9(14-13-8)11(16)15-3-4-19-10(6-15)12(17)18/h5,7,10H,3-4,6H2,1-2H3,(H,13,14)(H,17,18)/t10-/m0/s1. The van der Waals surface area contributed by atoms with Gasteiger partial charge in [0.15, 0.2) is 6.10 Å². The fraction of sp³-hybridized carbons (Fsp3) is 0.583. The van der Waals surface area contributed by atoms with Crippen LogP contribution in [0.3, 0.4) is 0 Å². The molecule has 1 aliphatic heterocycles. The first-order valence-corrected chi connectivity index (χ1v) is 6.18. The molecule has 2 rings (SSSR count). The summed E-state index contributed by atoms with van der Waals surface area (Å²) in [5, 5.41) is 15.7. The Balaban J connectivity index is 2.08. The van der Waals surface area contributed by atoms with E-state index in [0.29, 0.717) is 12.2 Å². The number of rotatable bonds is 3. The van der Waals surface area contributed by atoms with Crippen molar-refractivity contribution in [2.24, 2.45) is 0 Å². The highest BCUT2D eigenvalue weighted by Crippen LogP contribution is 2.15. The summed E-state index contributed by atoms with van der Waals surface area (Å²) in [6.07, 6.45) is -0.957. The van der Waals surface area contributed by atoms with Gasteiger partial charge in [0.25, 0.3) is 5.91 Å². The molecule has 1 aromatic rings. The van der Waals surface area contributed by atoms with Crippen LogP contribution >= 0.6 is 0 Å². The number of carbonyl (C=O) groups is 2. The zero-order chi connectivity index (χ0) is 14.0. The molecule has 104 valence electrons. The zero-order valence-electron chi connectivity index (χ0n) is 10.9. The van der Waals surface area contributed by atoms with Gasteiger partial charge in [0.2, 0.25) is 0 Å². The Morgan fingerprint density at radius 2 is 2.32 bits per heavy atom. The highest BCUT2D eigenvalue weighted by atomic mass is 16.5. The van der Waals surface area contributed by atoms with Gasteiger partial charge in [-0.05, 0) is 12.0 Å². The van der Waals surface area contributed by atoms with Crippen LogP contribution in [0.25, 0.3) is 0 Å². The lowest BCUT2D eigenvalue weighted by Gasteiger charge is -2.30.